The molecule has 0 unspecified atom stereocenters. The Morgan fingerprint density at radius 2 is 1.84 bits per heavy atom. The topological polar surface area (TPSA) is 12.0 Å². The molecule has 19 heavy (non-hydrogen) atoms. The van der Waals surface area contributed by atoms with Gasteiger partial charge in [-0.1, -0.05) is 49.7 Å². The van der Waals surface area contributed by atoms with Crippen LogP contribution in [0.25, 0.3) is 11.1 Å². The summed E-state index contributed by atoms with van der Waals surface area (Å²) in [6.45, 7) is 4.86. The van der Waals surface area contributed by atoms with Crippen molar-refractivity contribution in [1.82, 2.24) is 5.32 Å². The van der Waals surface area contributed by atoms with Gasteiger partial charge in [0.25, 0.3) is 0 Å². The second-order valence-electron chi connectivity index (χ2n) is 4.82. The van der Waals surface area contributed by atoms with Gasteiger partial charge in [-0.15, -0.1) is 0 Å². The SMILES string of the molecule is CC(C)NCc1ccc(Cl)cc1-c1ccccc1F. The Hall–Kier alpha value is -1.38. The zero-order valence-electron chi connectivity index (χ0n) is 11.1. The third-order valence-corrected chi connectivity index (χ3v) is 3.17. The summed E-state index contributed by atoms with van der Waals surface area (Å²) in [5.74, 6) is -0.226. The Kier molecular flexibility index (Phi) is 4.56. The fourth-order valence-electron chi connectivity index (χ4n) is 1.95. The van der Waals surface area contributed by atoms with Crippen molar-refractivity contribution in [2.45, 2.75) is 26.4 Å². The van der Waals surface area contributed by atoms with Crippen molar-refractivity contribution in [2.24, 2.45) is 0 Å². The lowest BCUT2D eigenvalue weighted by Crippen LogP contribution is -2.22. The molecule has 0 amide bonds. The number of hydrogen-bond acceptors (Lipinski definition) is 1. The van der Waals surface area contributed by atoms with Crippen LogP contribution in [0.4, 0.5) is 4.39 Å². The van der Waals surface area contributed by atoms with E-state index in [4.69, 9.17) is 11.6 Å². The molecular formula is C16H17ClFN. The zero-order chi connectivity index (χ0) is 13.8. The predicted molar refractivity (Wildman–Crippen MR) is 78.8 cm³/mol. The van der Waals surface area contributed by atoms with Crippen LogP contribution in [0.2, 0.25) is 5.02 Å². The summed E-state index contributed by atoms with van der Waals surface area (Å²) in [6.07, 6.45) is 0. The van der Waals surface area contributed by atoms with Crippen molar-refractivity contribution in [2.75, 3.05) is 0 Å². The number of halogens is 2. The highest BCUT2D eigenvalue weighted by Crippen LogP contribution is 2.29. The van der Waals surface area contributed by atoms with Crippen molar-refractivity contribution in [3.05, 3.63) is 58.9 Å². The molecule has 0 bridgehead atoms. The van der Waals surface area contributed by atoms with Crippen LogP contribution in [0.1, 0.15) is 19.4 Å². The molecule has 100 valence electrons. The molecule has 2 aromatic carbocycles. The van der Waals surface area contributed by atoms with Gasteiger partial charge in [0.1, 0.15) is 5.82 Å². The van der Waals surface area contributed by atoms with E-state index in [0.717, 1.165) is 11.1 Å². The first-order valence-electron chi connectivity index (χ1n) is 6.34. The van der Waals surface area contributed by atoms with E-state index >= 15 is 0 Å². The second kappa shape index (κ2) is 6.18. The first-order chi connectivity index (χ1) is 9.08. The lowest BCUT2D eigenvalue weighted by molar-refractivity contribution is 0.589. The van der Waals surface area contributed by atoms with Gasteiger partial charge in [0.05, 0.1) is 0 Å². The van der Waals surface area contributed by atoms with Gasteiger partial charge < -0.3 is 5.32 Å². The molecule has 1 nitrogen and oxygen atoms in total. The minimum atomic E-state index is -0.226. The Balaban J connectivity index is 2.43. The molecule has 0 aromatic heterocycles. The summed E-state index contributed by atoms with van der Waals surface area (Å²) >= 11 is 6.04. The van der Waals surface area contributed by atoms with Crippen LogP contribution < -0.4 is 5.32 Å². The molecular weight excluding hydrogens is 261 g/mol. The predicted octanol–water partition coefficient (Wildman–Crippen LogP) is 4.64. The van der Waals surface area contributed by atoms with Crippen molar-refractivity contribution >= 4 is 11.6 Å². The van der Waals surface area contributed by atoms with E-state index in [2.05, 4.69) is 19.2 Å². The Morgan fingerprint density at radius 3 is 2.53 bits per heavy atom. The molecule has 0 atom stereocenters. The highest BCUT2D eigenvalue weighted by atomic mass is 35.5. The van der Waals surface area contributed by atoms with E-state index < -0.39 is 0 Å². The van der Waals surface area contributed by atoms with Crippen molar-refractivity contribution in [3.8, 4) is 11.1 Å². The van der Waals surface area contributed by atoms with Crippen LogP contribution in [0.3, 0.4) is 0 Å². The summed E-state index contributed by atoms with van der Waals surface area (Å²) in [4.78, 5) is 0. The molecule has 0 spiro atoms. The van der Waals surface area contributed by atoms with Gasteiger partial charge in [0.15, 0.2) is 0 Å². The standard InChI is InChI=1S/C16H17ClFN/c1-11(2)19-10-12-7-8-13(17)9-15(12)14-5-3-4-6-16(14)18/h3-9,11,19H,10H2,1-2H3. The zero-order valence-corrected chi connectivity index (χ0v) is 11.8. The lowest BCUT2D eigenvalue weighted by Gasteiger charge is -2.14. The molecule has 2 rings (SSSR count). The van der Waals surface area contributed by atoms with Crippen LogP contribution in [0, 0.1) is 5.82 Å². The Bertz CT molecular complexity index is 566. The van der Waals surface area contributed by atoms with E-state index in [9.17, 15) is 4.39 Å². The van der Waals surface area contributed by atoms with E-state index in [-0.39, 0.29) is 5.82 Å². The number of rotatable bonds is 4. The quantitative estimate of drug-likeness (QED) is 0.858. The number of benzene rings is 2. The molecule has 0 radical (unpaired) electrons. The third-order valence-electron chi connectivity index (χ3n) is 2.94. The maximum atomic E-state index is 13.9. The molecule has 0 aliphatic rings. The Labute approximate surface area is 118 Å². The van der Waals surface area contributed by atoms with E-state index in [1.54, 1.807) is 12.1 Å². The van der Waals surface area contributed by atoms with Crippen LogP contribution >= 0.6 is 11.6 Å². The molecule has 0 heterocycles. The first kappa shape index (κ1) is 14.0. The van der Waals surface area contributed by atoms with Gasteiger partial charge in [-0.3, -0.25) is 0 Å². The summed E-state index contributed by atoms with van der Waals surface area (Å²) in [7, 11) is 0. The molecule has 0 saturated carbocycles. The molecule has 0 aliphatic carbocycles. The molecule has 0 aliphatic heterocycles. The summed E-state index contributed by atoms with van der Waals surface area (Å²) < 4.78 is 13.9. The van der Waals surface area contributed by atoms with Gasteiger partial charge in [-0.25, -0.2) is 4.39 Å². The normalized spacial score (nSPS) is 11.0. The van der Waals surface area contributed by atoms with Gasteiger partial charge in [-0.2, -0.15) is 0 Å². The largest absolute Gasteiger partial charge is 0.310 e. The monoisotopic (exact) mass is 277 g/mol. The maximum Gasteiger partial charge on any atom is 0.131 e. The first-order valence-corrected chi connectivity index (χ1v) is 6.72. The van der Waals surface area contributed by atoms with Crippen LogP contribution in [0.5, 0.6) is 0 Å². The molecule has 0 saturated heterocycles. The number of hydrogen-bond donors (Lipinski definition) is 1. The second-order valence-corrected chi connectivity index (χ2v) is 5.25. The highest BCUT2D eigenvalue weighted by Gasteiger charge is 2.10. The third kappa shape index (κ3) is 3.55. The van der Waals surface area contributed by atoms with Gasteiger partial charge in [-0.05, 0) is 29.3 Å². The molecule has 3 heteroatoms. The summed E-state index contributed by atoms with van der Waals surface area (Å²) in [5.41, 5.74) is 2.48. The van der Waals surface area contributed by atoms with Crippen molar-refractivity contribution in [1.29, 1.82) is 0 Å². The highest BCUT2D eigenvalue weighted by molar-refractivity contribution is 6.30. The minimum Gasteiger partial charge on any atom is -0.310 e. The van der Waals surface area contributed by atoms with Gasteiger partial charge in [0, 0.05) is 23.2 Å². The van der Waals surface area contributed by atoms with E-state index in [0.29, 0.717) is 23.2 Å². The van der Waals surface area contributed by atoms with Gasteiger partial charge >= 0.3 is 0 Å². The van der Waals surface area contributed by atoms with Crippen LogP contribution in [0.15, 0.2) is 42.5 Å². The average Bonchev–Trinajstić information content (AvgIpc) is 2.37. The molecule has 2 aromatic rings. The minimum absolute atomic E-state index is 0.226. The molecule has 0 fully saturated rings. The van der Waals surface area contributed by atoms with E-state index in [1.165, 1.54) is 6.07 Å². The molecule has 1 N–H and O–H groups in total. The van der Waals surface area contributed by atoms with Crippen molar-refractivity contribution in [3.63, 3.8) is 0 Å². The Morgan fingerprint density at radius 1 is 1.11 bits per heavy atom. The van der Waals surface area contributed by atoms with Crippen LogP contribution in [-0.2, 0) is 6.54 Å². The van der Waals surface area contributed by atoms with E-state index in [1.807, 2.05) is 24.3 Å². The van der Waals surface area contributed by atoms with Gasteiger partial charge in [0.2, 0.25) is 0 Å². The number of nitrogens with one attached hydrogen (secondary N) is 1. The average molecular weight is 278 g/mol. The lowest BCUT2D eigenvalue weighted by atomic mass is 9.99. The fraction of sp³-hybridized carbons (Fsp3) is 0.250. The fourth-order valence-corrected chi connectivity index (χ4v) is 2.12. The smallest absolute Gasteiger partial charge is 0.131 e. The maximum absolute atomic E-state index is 13.9. The summed E-state index contributed by atoms with van der Waals surface area (Å²) in [6, 6.07) is 12.7. The van der Waals surface area contributed by atoms with Crippen LogP contribution in [-0.4, -0.2) is 6.04 Å². The van der Waals surface area contributed by atoms with Crippen molar-refractivity contribution < 1.29 is 4.39 Å². The summed E-state index contributed by atoms with van der Waals surface area (Å²) in [5, 5.41) is 3.96.